The predicted molar refractivity (Wildman–Crippen MR) is 103 cm³/mol. The van der Waals surface area contributed by atoms with E-state index in [1.807, 2.05) is 0 Å². The Labute approximate surface area is 161 Å². The van der Waals surface area contributed by atoms with Crippen LogP contribution in [0.25, 0.3) is 0 Å². The molecule has 1 N–H and O–H groups in total. The molecule has 0 amide bonds. The molecule has 3 rings (SSSR count). The van der Waals surface area contributed by atoms with Gasteiger partial charge in [-0.3, -0.25) is 9.78 Å². The van der Waals surface area contributed by atoms with Gasteiger partial charge in [-0.15, -0.1) is 0 Å². The molecule has 8 heteroatoms. The smallest absolute Gasteiger partial charge is 0.335 e. The molecule has 0 radical (unpaired) electrons. The lowest BCUT2D eigenvalue weighted by molar-refractivity contribution is 0.0696. The average molecular weight is 398 g/mol. The molecule has 0 bridgehead atoms. The van der Waals surface area contributed by atoms with Crippen LogP contribution in [0.4, 0.5) is 0 Å². The minimum atomic E-state index is -3.53. The number of carboxylic acids is 1. The highest BCUT2D eigenvalue weighted by Gasteiger charge is 2.15. The Morgan fingerprint density at radius 1 is 1.14 bits per heavy atom. The minimum Gasteiger partial charge on any atom is -0.478 e. The molecular weight excluding hydrogens is 380 g/mol. The lowest BCUT2D eigenvalue weighted by Crippen LogP contribution is -2.19. The molecule has 3 aromatic rings. The van der Waals surface area contributed by atoms with Crippen LogP contribution in [-0.4, -0.2) is 35.3 Å². The summed E-state index contributed by atoms with van der Waals surface area (Å²) in [5.41, 5.74) is 1.60. The van der Waals surface area contributed by atoms with Crippen LogP contribution in [-0.2, 0) is 22.8 Å². The molecule has 2 heterocycles. The van der Waals surface area contributed by atoms with Gasteiger partial charge in [0, 0.05) is 36.8 Å². The van der Waals surface area contributed by atoms with Gasteiger partial charge in [-0.2, -0.15) is 0 Å². The number of rotatable bonds is 6. The lowest BCUT2D eigenvalue weighted by Gasteiger charge is -2.12. The zero-order valence-electron chi connectivity index (χ0n) is 15.1. The van der Waals surface area contributed by atoms with Crippen LogP contribution in [0, 0.1) is 0 Å². The van der Waals surface area contributed by atoms with Crippen molar-refractivity contribution >= 4 is 15.8 Å². The van der Waals surface area contributed by atoms with Crippen molar-refractivity contribution < 1.29 is 18.3 Å². The van der Waals surface area contributed by atoms with E-state index < -0.39 is 15.8 Å². The minimum absolute atomic E-state index is 0.119. The van der Waals surface area contributed by atoms with Crippen LogP contribution in [0.5, 0.6) is 0 Å². The Balaban J connectivity index is 1.97. The van der Waals surface area contributed by atoms with E-state index in [9.17, 15) is 18.0 Å². The normalized spacial score (nSPS) is 11.3. The van der Waals surface area contributed by atoms with E-state index in [1.165, 1.54) is 29.0 Å². The van der Waals surface area contributed by atoms with E-state index in [4.69, 9.17) is 5.11 Å². The van der Waals surface area contributed by atoms with E-state index in [0.29, 0.717) is 16.8 Å². The Morgan fingerprint density at radius 3 is 2.61 bits per heavy atom. The first-order chi connectivity index (χ1) is 13.2. The molecule has 144 valence electrons. The van der Waals surface area contributed by atoms with Crippen molar-refractivity contribution in [1.29, 1.82) is 0 Å². The van der Waals surface area contributed by atoms with Gasteiger partial charge in [-0.05, 0) is 35.4 Å². The van der Waals surface area contributed by atoms with Gasteiger partial charge in [0.05, 0.1) is 17.0 Å². The number of aromatic carboxylic acids is 1. The molecule has 0 aliphatic heterocycles. The van der Waals surface area contributed by atoms with E-state index in [1.54, 1.807) is 36.5 Å². The summed E-state index contributed by atoms with van der Waals surface area (Å²) in [5.74, 6) is -1.05. The molecule has 0 saturated heterocycles. The second-order valence-electron chi connectivity index (χ2n) is 6.40. The second kappa shape index (κ2) is 7.77. The Hall–Kier alpha value is -3.26. The monoisotopic (exact) mass is 398 g/mol. The Morgan fingerprint density at radius 2 is 1.93 bits per heavy atom. The third-order valence-corrected chi connectivity index (χ3v) is 5.40. The third-order valence-electron chi connectivity index (χ3n) is 4.22. The van der Waals surface area contributed by atoms with Crippen LogP contribution >= 0.6 is 0 Å². The summed E-state index contributed by atoms with van der Waals surface area (Å²) in [6.45, 7) is 0.134. The molecule has 0 unspecified atom stereocenters. The molecule has 7 nitrogen and oxygen atoms in total. The summed E-state index contributed by atoms with van der Waals surface area (Å²) in [6, 6.07) is 12.6. The van der Waals surface area contributed by atoms with Crippen molar-refractivity contribution in [2.24, 2.45) is 0 Å². The first kappa shape index (κ1) is 19.5. The fraction of sp³-hybridized carbons (Fsp3) is 0.150. The third kappa shape index (κ3) is 4.52. The molecule has 0 aliphatic carbocycles. The standard InChI is InChI=1S/C20H18N2O5S/c1-28(26,27)18-11-14(10-17-12-15(20(24)25)7-8-21-17)5-6-16(18)13-22-9-3-2-4-19(22)23/h2-9,11-12H,10,13H2,1H3,(H,24,25). The highest BCUT2D eigenvalue weighted by Crippen LogP contribution is 2.20. The summed E-state index contributed by atoms with van der Waals surface area (Å²) in [7, 11) is -3.53. The summed E-state index contributed by atoms with van der Waals surface area (Å²) in [5, 5.41) is 9.09. The molecule has 28 heavy (non-hydrogen) atoms. The largest absolute Gasteiger partial charge is 0.478 e. The van der Waals surface area contributed by atoms with E-state index in [2.05, 4.69) is 4.98 Å². The van der Waals surface area contributed by atoms with E-state index >= 15 is 0 Å². The van der Waals surface area contributed by atoms with Gasteiger partial charge in [0.1, 0.15) is 0 Å². The molecule has 2 aromatic heterocycles. The number of hydrogen-bond donors (Lipinski definition) is 1. The van der Waals surface area contributed by atoms with Crippen molar-refractivity contribution in [3.8, 4) is 0 Å². The van der Waals surface area contributed by atoms with E-state index in [-0.39, 0.29) is 29.0 Å². The predicted octanol–water partition coefficient (Wildman–Crippen LogP) is 1.98. The number of aromatic nitrogens is 2. The van der Waals surface area contributed by atoms with Gasteiger partial charge in [0.2, 0.25) is 0 Å². The first-order valence-corrected chi connectivity index (χ1v) is 10.3. The number of nitrogens with zero attached hydrogens (tertiary/aromatic N) is 2. The lowest BCUT2D eigenvalue weighted by atomic mass is 10.1. The van der Waals surface area contributed by atoms with Crippen molar-refractivity contribution in [2.75, 3.05) is 6.26 Å². The fourth-order valence-corrected chi connectivity index (χ4v) is 3.85. The van der Waals surface area contributed by atoms with Gasteiger partial charge in [-0.1, -0.05) is 18.2 Å². The summed E-state index contributed by atoms with van der Waals surface area (Å²) < 4.78 is 26.0. The Bertz CT molecular complexity index is 1200. The average Bonchev–Trinajstić information content (AvgIpc) is 2.64. The Kier molecular flexibility index (Phi) is 5.41. The second-order valence-corrected chi connectivity index (χ2v) is 8.38. The fourth-order valence-electron chi connectivity index (χ4n) is 2.88. The molecule has 0 atom stereocenters. The summed E-state index contributed by atoms with van der Waals surface area (Å²) in [4.78, 5) is 27.3. The molecule has 1 aromatic carbocycles. The number of sulfone groups is 1. The van der Waals surface area contributed by atoms with Gasteiger partial charge < -0.3 is 9.67 Å². The highest BCUT2D eigenvalue weighted by molar-refractivity contribution is 7.90. The maximum atomic E-state index is 12.3. The zero-order chi connectivity index (χ0) is 20.3. The van der Waals surface area contributed by atoms with Crippen LogP contribution in [0.2, 0.25) is 0 Å². The van der Waals surface area contributed by atoms with Crippen molar-refractivity contribution in [3.63, 3.8) is 0 Å². The number of hydrogen-bond acceptors (Lipinski definition) is 5. The molecule has 0 saturated carbocycles. The van der Waals surface area contributed by atoms with Crippen LogP contribution in [0.3, 0.4) is 0 Å². The number of carboxylic acid groups (broad SMARTS) is 1. The van der Waals surface area contributed by atoms with Crippen molar-refractivity contribution in [3.05, 3.63) is 93.7 Å². The number of pyridine rings is 2. The van der Waals surface area contributed by atoms with Crippen LogP contribution in [0.1, 0.15) is 27.2 Å². The first-order valence-electron chi connectivity index (χ1n) is 8.39. The number of benzene rings is 1. The van der Waals surface area contributed by atoms with Crippen molar-refractivity contribution in [2.45, 2.75) is 17.9 Å². The van der Waals surface area contributed by atoms with E-state index in [0.717, 1.165) is 6.26 Å². The van der Waals surface area contributed by atoms with Crippen LogP contribution in [0.15, 0.2) is 70.6 Å². The SMILES string of the molecule is CS(=O)(=O)c1cc(Cc2cc(C(=O)O)ccn2)ccc1Cn1ccccc1=O. The molecular formula is C20H18N2O5S. The highest BCUT2D eigenvalue weighted by atomic mass is 32.2. The molecule has 0 fully saturated rings. The van der Waals surface area contributed by atoms with Gasteiger partial charge in [0.25, 0.3) is 5.56 Å². The van der Waals surface area contributed by atoms with Gasteiger partial charge in [-0.25, -0.2) is 13.2 Å². The van der Waals surface area contributed by atoms with Gasteiger partial charge in [0.15, 0.2) is 9.84 Å². The van der Waals surface area contributed by atoms with Crippen LogP contribution < -0.4 is 5.56 Å². The van der Waals surface area contributed by atoms with Crippen molar-refractivity contribution in [1.82, 2.24) is 9.55 Å². The number of carbonyl (C=O) groups is 1. The topological polar surface area (TPSA) is 106 Å². The maximum Gasteiger partial charge on any atom is 0.335 e. The molecule has 0 aliphatic rings. The van der Waals surface area contributed by atoms with Gasteiger partial charge >= 0.3 is 5.97 Å². The summed E-state index contributed by atoms with van der Waals surface area (Å²) in [6.07, 6.45) is 4.41. The molecule has 0 spiro atoms. The quantitative estimate of drug-likeness (QED) is 0.681. The maximum absolute atomic E-state index is 12.3. The summed E-state index contributed by atoms with van der Waals surface area (Å²) >= 11 is 0. The zero-order valence-corrected chi connectivity index (χ0v) is 15.9.